The third-order valence-electron chi connectivity index (χ3n) is 2.95. The Kier molecular flexibility index (Phi) is 5.46. The van der Waals surface area contributed by atoms with Crippen molar-refractivity contribution in [1.29, 1.82) is 0 Å². The van der Waals surface area contributed by atoms with Crippen LogP contribution in [0.3, 0.4) is 0 Å². The molecule has 2 rings (SSSR count). The number of anilines is 2. The maximum atomic E-state index is 12.7. The first-order chi connectivity index (χ1) is 11.3. The summed E-state index contributed by atoms with van der Waals surface area (Å²) >= 11 is 5.77. The molecule has 2 aromatic carbocycles. The Morgan fingerprint density at radius 2 is 1.58 bits per heavy atom. The summed E-state index contributed by atoms with van der Waals surface area (Å²) in [6, 6.07) is 11.0. The SMILES string of the molecule is O=C(CC(=O)Nc1cc(C(F)(F)F)ccc1Cl)Nc1ccccc1. The molecule has 0 aliphatic rings. The molecule has 0 aliphatic carbocycles. The second-order valence-corrected chi connectivity index (χ2v) is 5.24. The summed E-state index contributed by atoms with van der Waals surface area (Å²) in [5.74, 6) is -1.37. The fourth-order valence-corrected chi connectivity index (χ4v) is 2.03. The average Bonchev–Trinajstić information content (AvgIpc) is 2.49. The second kappa shape index (κ2) is 7.35. The average molecular weight is 357 g/mol. The molecule has 0 unspecified atom stereocenters. The molecule has 2 amide bonds. The predicted molar refractivity (Wildman–Crippen MR) is 84.8 cm³/mol. The number of rotatable bonds is 4. The van der Waals surface area contributed by atoms with Crippen molar-refractivity contribution in [2.75, 3.05) is 10.6 Å². The van der Waals surface area contributed by atoms with E-state index in [1.807, 2.05) is 0 Å². The zero-order valence-corrected chi connectivity index (χ0v) is 12.9. The van der Waals surface area contributed by atoms with Gasteiger partial charge in [0.1, 0.15) is 6.42 Å². The van der Waals surface area contributed by atoms with E-state index in [-0.39, 0.29) is 10.7 Å². The van der Waals surface area contributed by atoms with Gasteiger partial charge in [-0.2, -0.15) is 13.2 Å². The third kappa shape index (κ3) is 4.99. The van der Waals surface area contributed by atoms with Crippen LogP contribution in [-0.2, 0) is 15.8 Å². The predicted octanol–water partition coefficient (Wildman–Crippen LogP) is 4.33. The highest BCUT2D eigenvalue weighted by Gasteiger charge is 2.31. The summed E-state index contributed by atoms with van der Waals surface area (Å²) in [4.78, 5) is 23.6. The number of carbonyl (C=O) groups excluding carboxylic acids is 2. The first-order valence-corrected chi connectivity index (χ1v) is 7.15. The van der Waals surface area contributed by atoms with Crippen LogP contribution in [0.5, 0.6) is 0 Å². The minimum Gasteiger partial charge on any atom is -0.326 e. The van der Waals surface area contributed by atoms with Crippen LogP contribution in [0.15, 0.2) is 48.5 Å². The van der Waals surface area contributed by atoms with Crippen LogP contribution in [0, 0.1) is 0 Å². The smallest absolute Gasteiger partial charge is 0.326 e. The Morgan fingerprint density at radius 3 is 2.21 bits per heavy atom. The number of carbonyl (C=O) groups is 2. The number of amides is 2. The molecule has 8 heteroatoms. The van der Waals surface area contributed by atoms with Crippen LogP contribution in [-0.4, -0.2) is 11.8 Å². The standard InChI is InChI=1S/C16H12ClF3N2O2/c17-12-7-6-10(16(18,19)20)8-13(12)22-15(24)9-14(23)21-11-4-2-1-3-5-11/h1-8H,9H2,(H,21,23)(H,22,24). The lowest BCUT2D eigenvalue weighted by molar-refractivity contribution is -0.137. The molecule has 0 saturated heterocycles. The lowest BCUT2D eigenvalue weighted by Gasteiger charge is -2.11. The molecule has 4 nitrogen and oxygen atoms in total. The number of benzene rings is 2. The number of nitrogens with one attached hydrogen (secondary N) is 2. The molecular weight excluding hydrogens is 345 g/mol. The minimum absolute atomic E-state index is 0.0557. The second-order valence-electron chi connectivity index (χ2n) is 4.83. The zero-order chi connectivity index (χ0) is 17.7. The van der Waals surface area contributed by atoms with Crippen LogP contribution in [0.25, 0.3) is 0 Å². The van der Waals surface area contributed by atoms with Crippen LogP contribution in [0.4, 0.5) is 24.5 Å². The van der Waals surface area contributed by atoms with Gasteiger partial charge in [0.2, 0.25) is 11.8 Å². The van der Waals surface area contributed by atoms with Crippen molar-refractivity contribution in [3.63, 3.8) is 0 Å². The molecule has 0 fully saturated rings. The lowest BCUT2D eigenvalue weighted by atomic mass is 10.2. The van der Waals surface area contributed by atoms with Crippen molar-refractivity contribution in [3.05, 3.63) is 59.1 Å². The summed E-state index contributed by atoms with van der Waals surface area (Å²) in [5, 5.41) is 4.65. The molecule has 126 valence electrons. The highest BCUT2D eigenvalue weighted by Crippen LogP contribution is 2.33. The van der Waals surface area contributed by atoms with Crippen LogP contribution < -0.4 is 10.6 Å². The highest BCUT2D eigenvalue weighted by molar-refractivity contribution is 6.33. The maximum Gasteiger partial charge on any atom is 0.416 e. The molecule has 24 heavy (non-hydrogen) atoms. The summed E-state index contributed by atoms with van der Waals surface area (Å²) in [6.45, 7) is 0. The molecule has 2 N–H and O–H groups in total. The van der Waals surface area contributed by atoms with Crippen LogP contribution in [0.2, 0.25) is 5.02 Å². The summed E-state index contributed by atoms with van der Waals surface area (Å²) in [5.41, 5.74) is -0.646. The molecule has 0 aromatic heterocycles. The number of halogens is 4. The van der Waals surface area contributed by atoms with Gasteiger partial charge in [-0.25, -0.2) is 0 Å². The van der Waals surface area contributed by atoms with Crippen molar-refractivity contribution in [1.82, 2.24) is 0 Å². The highest BCUT2D eigenvalue weighted by atomic mass is 35.5. The fraction of sp³-hybridized carbons (Fsp3) is 0.125. The van der Waals surface area contributed by atoms with Crippen molar-refractivity contribution < 1.29 is 22.8 Å². The first-order valence-electron chi connectivity index (χ1n) is 6.77. The molecule has 0 aliphatic heterocycles. The van der Waals surface area contributed by atoms with E-state index >= 15 is 0 Å². The molecule has 0 bridgehead atoms. The van der Waals surface area contributed by atoms with Crippen molar-refractivity contribution >= 4 is 34.8 Å². The number of hydrogen-bond donors (Lipinski definition) is 2. The maximum absolute atomic E-state index is 12.7. The van der Waals surface area contributed by atoms with Crippen molar-refractivity contribution in [3.8, 4) is 0 Å². The van der Waals surface area contributed by atoms with Crippen molar-refractivity contribution in [2.24, 2.45) is 0 Å². The van der Waals surface area contributed by atoms with Gasteiger partial charge in [0, 0.05) is 5.69 Å². The molecule has 0 atom stereocenters. The third-order valence-corrected chi connectivity index (χ3v) is 3.28. The fourth-order valence-electron chi connectivity index (χ4n) is 1.86. The molecular formula is C16H12ClF3N2O2. The van der Waals surface area contributed by atoms with Gasteiger partial charge in [0.25, 0.3) is 0 Å². The van der Waals surface area contributed by atoms with Crippen LogP contribution >= 0.6 is 11.6 Å². The van der Waals surface area contributed by atoms with Gasteiger partial charge in [0.05, 0.1) is 16.3 Å². The van der Waals surface area contributed by atoms with E-state index in [4.69, 9.17) is 11.6 Å². The van der Waals surface area contributed by atoms with Gasteiger partial charge in [-0.1, -0.05) is 29.8 Å². The van der Waals surface area contributed by atoms with E-state index < -0.39 is 30.0 Å². The summed E-state index contributed by atoms with van der Waals surface area (Å²) in [7, 11) is 0. The van der Waals surface area contributed by atoms with E-state index in [1.54, 1.807) is 30.3 Å². The van der Waals surface area contributed by atoms with E-state index in [0.29, 0.717) is 5.69 Å². The lowest BCUT2D eigenvalue weighted by Crippen LogP contribution is -2.21. The van der Waals surface area contributed by atoms with Gasteiger partial charge in [-0.05, 0) is 30.3 Å². The summed E-state index contributed by atoms with van der Waals surface area (Å²) in [6.07, 6.45) is -5.11. The van der Waals surface area contributed by atoms with Gasteiger partial charge in [0.15, 0.2) is 0 Å². The molecule has 0 spiro atoms. The van der Waals surface area contributed by atoms with E-state index in [9.17, 15) is 22.8 Å². The monoisotopic (exact) mass is 356 g/mol. The largest absolute Gasteiger partial charge is 0.416 e. The van der Waals surface area contributed by atoms with E-state index in [2.05, 4.69) is 10.6 Å². The Bertz CT molecular complexity index is 749. The topological polar surface area (TPSA) is 58.2 Å². The van der Waals surface area contributed by atoms with Gasteiger partial charge in [-0.15, -0.1) is 0 Å². The first kappa shape index (κ1) is 17.8. The van der Waals surface area contributed by atoms with E-state index in [0.717, 1.165) is 18.2 Å². The molecule has 0 heterocycles. The van der Waals surface area contributed by atoms with Gasteiger partial charge >= 0.3 is 6.18 Å². The Morgan fingerprint density at radius 1 is 0.958 bits per heavy atom. The van der Waals surface area contributed by atoms with Gasteiger partial charge in [-0.3, -0.25) is 9.59 Å². The molecule has 0 saturated carbocycles. The number of para-hydroxylation sites is 1. The van der Waals surface area contributed by atoms with Crippen molar-refractivity contribution in [2.45, 2.75) is 12.6 Å². The summed E-state index contributed by atoms with van der Waals surface area (Å²) < 4.78 is 38.0. The van der Waals surface area contributed by atoms with Gasteiger partial charge < -0.3 is 10.6 Å². The van der Waals surface area contributed by atoms with Crippen LogP contribution in [0.1, 0.15) is 12.0 Å². The quantitative estimate of drug-likeness (QED) is 0.801. The Labute approximate surface area is 140 Å². The molecule has 2 aromatic rings. The Balaban J connectivity index is 2.00. The zero-order valence-electron chi connectivity index (χ0n) is 12.2. The normalized spacial score (nSPS) is 11.0. The van der Waals surface area contributed by atoms with E-state index in [1.165, 1.54) is 0 Å². The minimum atomic E-state index is -4.56. The number of alkyl halides is 3. The number of hydrogen-bond acceptors (Lipinski definition) is 2. The molecule has 0 radical (unpaired) electrons. The Hall–Kier alpha value is -2.54.